The Kier molecular flexibility index (Phi) is 4.77. The van der Waals surface area contributed by atoms with E-state index < -0.39 is 11.8 Å². The predicted molar refractivity (Wildman–Crippen MR) is 76.8 cm³/mol. The zero-order valence-corrected chi connectivity index (χ0v) is 12.9. The lowest BCUT2D eigenvalue weighted by Gasteiger charge is -2.11. The van der Waals surface area contributed by atoms with Crippen molar-refractivity contribution < 1.29 is 14.3 Å². The van der Waals surface area contributed by atoms with Crippen LogP contribution in [-0.4, -0.2) is 31.6 Å². The van der Waals surface area contributed by atoms with Crippen LogP contribution in [0, 0.1) is 5.82 Å². The number of hydrogen-bond acceptors (Lipinski definition) is 4. The second-order valence-electron chi connectivity index (χ2n) is 3.84. The van der Waals surface area contributed by atoms with Gasteiger partial charge in [-0.25, -0.2) is 4.39 Å². The van der Waals surface area contributed by atoms with Crippen molar-refractivity contribution in [2.75, 3.05) is 5.75 Å². The summed E-state index contributed by atoms with van der Waals surface area (Å²) in [5.74, 6) is -0.974. The van der Waals surface area contributed by atoms with Gasteiger partial charge in [-0.2, -0.15) is 0 Å². The standard InChI is InChI=1S/C12H11BrFN3O2S/c1-2-9-15-16-12(20-6-10(18)19)17(9)11-7(13)4-3-5-8(11)14/h3-5H,2,6H2,1H3,(H,18,19). The number of carboxylic acid groups (broad SMARTS) is 1. The number of aliphatic carboxylic acids is 1. The van der Waals surface area contributed by atoms with Gasteiger partial charge in [-0.3, -0.25) is 9.36 Å². The maximum absolute atomic E-state index is 14.1. The normalized spacial score (nSPS) is 10.8. The first kappa shape index (κ1) is 15.0. The van der Waals surface area contributed by atoms with Crippen molar-refractivity contribution in [2.24, 2.45) is 0 Å². The second-order valence-corrected chi connectivity index (χ2v) is 5.64. The number of benzene rings is 1. The van der Waals surface area contributed by atoms with Crippen molar-refractivity contribution in [1.82, 2.24) is 14.8 Å². The maximum Gasteiger partial charge on any atom is 0.313 e. The molecule has 1 N–H and O–H groups in total. The second kappa shape index (κ2) is 6.36. The molecule has 0 saturated carbocycles. The van der Waals surface area contributed by atoms with E-state index in [1.807, 2.05) is 6.92 Å². The number of aryl methyl sites for hydroxylation is 1. The summed E-state index contributed by atoms with van der Waals surface area (Å²) in [6.45, 7) is 1.88. The molecule has 0 aliphatic rings. The van der Waals surface area contributed by atoms with Crippen LogP contribution < -0.4 is 0 Å². The summed E-state index contributed by atoms with van der Waals surface area (Å²) in [4.78, 5) is 10.7. The summed E-state index contributed by atoms with van der Waals surface area (Å²) < 4.78 is 16.2. The smallest absolute Gasteiger partial charge is 0.313 e. The molecule has 2 rings (SSSR count). The monoisotopic (exact) mass is 359 g/mol. The van der Waals surface area contributed by atoms with Gasteiger partial charge in [0.2, 0.25) is 0 Å². The highest BCUT2D eigenvalue weighted by Crippen LogP contribution is 2.29. The summed E-state index contributed by atoms with van der Waals surface area (Å²) in [6.07, 6.45) is 0.557. The molecule has 20 heavy (non-hydrogen) atoms. The molecule has 8 heteroatoms. The third-order valence-corrected chi connectivity index (χ3v) is 4.06. The predicted octanol–water partition coefficient (Wildman–Crippen LogP) is 2.91. The summed E-state index contributed by atoms with van der Waals surface area (Å²) in [5.41, 5.74) is 0.294. The molecule has 0 saturated heterocycles. The number of hydrogen-bond donors (Lipinski definition) is 1. The van der Waals surface area contributed by atoms with Crippen molar-refractivity contribution in [2.45, 2.75) is 18.5 Å². The van der Waals surface area contributed by atoms with E-state index in [-0.39, 0.29) is 5.75 Å². The molecule has 0 atom stereocenters. The number of carbonyl (C=O) groups is 1. The van der Waals surface area contributed by atoms with Crippen LogP contribution in [-0.2, 0) is 11.2 Å². The Morgan fingerprint density at radius 3 is 2.85 bits per heavy atom. The SMILES string of the molecule is CCc1nnc(SCC(=O)O)n1-c1c(F)cccc1Br. The third kappa shape index (κ3) is 3.01. The van der Waals surface area contributed by atoms with Gasteiger partial charge >= 0.3 is 5.97 Å². The molecule has 5 nitrogen and oxygen atoms in total. The van der Waals surface area contributed by atoms with E-state index in [1.165, 1.54) is 6.07 Å². The highest BCUT2D eigenvalue weighted by molar-refractivity contribution is 9.10. The average molecular weight is 360 g/mol. The van der Waals surface area contributed by atoms with Crippen LogP contribution in [0.4, 0.5) is 4.39 Å². The van der Waals surface area contributed by atoms with E-state index in [1.54, 1.807) is 16.7 Å². The topological polar surface area (TPSA) is 68.0 Å². The Hall–Kier alpha value is -1.41. The lowest BCUT2D eigenvalue weighted by atomic mass is 10.3. The molecule has 0 fully saturated rings. The quantitative estimate of drug-likeness (QED) is 0.831. The van der Waals surface area contributed by atoms with E-state index >= 15 is 0 Å². The van der Waals surface area contributed by atoms with Crippen LogP contribution in [0.1, 0.15) is 12.7 Å². The van der Waals surface area contributed by atoms with Gasteiger partial charge < -0.3 is 5.11 Å². The highest BCUT2D eigenvalue weighted by atomic mass is 79.9. The van der Waals surface area contributed by atoms with Crippen LogP contribution in [0.5, 0.6) is 0 Å². The molecular weight excluding hydrogens is 349 g/mol. The number of thioether (sulfide) groups is 1. The van der Waals surface area contributed by atoms with Crippen molar-refractivity contribution in [3.05, 3.63) is 34.3 Å². The summed E-state index contributed by atoms with van der Waals surface area (Å²) in [6, 6.07) is 4.64. The van der Waals surface area contributed by atoms with Gasteiger partial charge in [-0.1, -0.05) is 24.8 Å². The summed E-state index contributed by atoms with van der Waals surface area (Å²) in [5, 5.41) is 17.0. The minimum Gasteiger partial charge on any atom is -0.481 e. The molecule has 0 spiro atoms. The van der Waals surface area contributed by atoms with Crippen molar-refractivity contribution >= 4 is 33.7 Å². The van der Waals surface area contributed by atoms with Gasteiger partial charge in [0.15, 0.2) is 5.16 Å². The third-order valence-electron chi connectivity index (χ3n) is 2.50. The Balaban J connectivity index is 2.53. The Labute approximate surface area is 127 Å². The van der Waals surface area contributed by atoms with Crippen molar-refractivity contribution in [3.8, 4) is 5.69 Å². The molecule has 1 aromatic heterocycles. The van der Waals surface area contributed by atoms with E-state index in [0.717, 1.165) is 11.8 Å². The van der Waals surface area contributed by atoms with Gasteiger partial charge in [0.1, 0.15) is 11.6 Å². The van der Waals surface area contributed by atoms with Gasteiger partial charge in [0, 0.05) is 10.9 Å². The molecule has 0 aliphatic carbocycles. The van der Waals surface area contributed by atoms with Gasteiger partial charge in [0.25, 0.3) is 0 Å². The Morgan fingerprint density at radius 2 is 2.25 bits per heavy atom. The lowest BCUT2D eigenvalue weighted by Crippen LogP contribution is -2.07. The van der Waals surface area contributed by atoms with E-state index in [2.05, 4.69) is 26.1 Å². The van der Waals surface area contributed by atoms with Gasteiger partial charge in [0.05, 0.1) is 11.4 Å². The van der Waals surface area contributed by atoms with E-state index in [9.17, 15) is 9.18 Å². The highest BCUT2D eigenvalue weighted by Gasteiger charge is 2.19. The largest absolute Gasteiger partial charge is 0.481 e. The molecule has 0 unspecified atom stereocenters. The van der Waals surface area contributed by atoms with Gasteiger partial charge in [-0.15, -0.1) is 10.2 Å². The minimum atomic E-state index is -0.963. The number of carboxylic acids is 1. The first-order valence-corrected chi connectivity index (χ1v) is 7.55. The van der Waals surface area contributed by atoms with Crippen LogP contribution in [0.3, 0.4) is 0 Å². The summed E-state index contributed by atoms with van der Waals surface area (Å²) >= 11 is 4.31. The zero-order valence-electron chi connectivity index (χ0n) is 10.5. The number of rotatable bonds is 5. The van der Waals surface area contributed by atoms with Crippen LogP contribution in [0.15, 0.2) is 27.8 Å². The maximum atomic E-state index is 14.1. The molecular formula is C12H11BrFN3O2S. The van der Waals surface area contributed by atoms with E-state index in [4.69, 9.17) is 5.11 Å². The van der Waals surface area contributed by atoms with Crippen LogP contribution >= 0.6 is 27.7 Å². The molecule has 0 amide bonds. The first-order valence-electron chi connectivity index (χ1n) is 5.77. The van der Waals surface area contributed by atoms with Crippen LogP contribution in [0.25, 0.3) is 5.69 Å². The number of aromatic nitrogens is 3. The molecule has 2 aromatic rings. The number of para-hydroxylation sites is 1. The molecule has 0 radical (unpaired) electrons. The number of nitrogens with zero attached hydrogens (tertiary/aromatic N) is 3. The Bertz CT molecular complexity index is 627. The fourth-order valence-electron chi connectivity index (χ4n) is 1.68. The van der Waals surface area contributed by atoms with Crippen LogP contribution in [0.2, 0.25) is 0 Å². The van der Waals surface area contributed by atoms with Crippen molar-refractivity contribution in [1.29, 1.82) is 0 Å². The van der Waals surface area contributed by atoms with E-state index in [0.29, 0.717) is 27.6 Å². The minimum absolute atomic E-state index is 0.159. The molecule has 1 heterocycles. The zero-order chi connectivity index (χ0) is 14.7. The van der Waals surface area contributed by atoms with Crippen molar-refractivity contribution in [3.63, 3.8) is 0 Å². The lowest BCUT2D eigenvalue weighted by molar-refractivity contribution is -0.133. The molecule has 0 bridgehead atoms. The Morgan fingerprint density at radius 1 is 1.50 bits per heavy atom. The summed E-state index contributed by atoms with van der Waals surface area (Å²) in [7, 11) is 0. The fraction of sp³-hybridized carbons (Fsp3) is 0.250. The van der Waals surface area contributed by atoms with Gasteiger partial charge in [-0.05, 0) is 28.1 Å². The number of halogens is 2. The molecule has 0 aliphatic heterocycles. The average Bonchev–Trinajstić information content (AvgIpc) is 2.79. The first-order chi connectivity index (χ1) is 9.54. The molecule has 1 aromatic carbocycles. The molecule has 106 valence electrons. The fourth-order valence-corrected chi connectivity index (χ4v) is 2.87.